The van der Waals surface area contributed by atoms with Gasteiger partial charge in [-0.25, -0.2) is 0 Å². The fourth-order valence-electron chi connectivity index (χ4n) is 4.77. The van der Waals surface area contributed by atoms with Crippen molar-refractivity contribution in [2.75, 3.05) is 10.2 Å². The van der Waals surface area contributed by atoms with E-state index in [0.29, 0.717) is 0 Å². The fourth-order valence-corrected chi connectivity index (χ4v) is 4.77. The summed E-state index contributed by atoms with van der Waals surface area (Å²) in [6.07, 6.45) is 0. The Morgan fingerprint density at radius 2 is 0.789 bits per heavy atom. The first kappa shape index (κ1) is 23.3. The Kier molecular flexibility index (Phi) is 6.69. The maximum atomic E-state index is 3.60. The van der Waals surface area contributed by atoms with E-state index in [1.165, 1.54) is 22.3 Å². The molecule has 2 nitrogen and oxygen atoms in total. The van der Waals surface area contributed by atoms with Crippen LogP contribution in [0.3, 0.4) is 0 Å². The molecule has 182 valence electrons. The zero-order valence-corrected chi connectivity index (χ0v) is 21.0. The van der Waals surface area contributed by atoms with Crippen molar-refractivity contribution in [1.82, 2.24) is 0 Å². The molecule has 0 spiro atoms. The van der Waals surface area contributed by atoms with Crippen LogP contribution in [0.4, 0.5) is 28.4 Å². The molecule has 1 N–H and O–H groups in total. The minimum Gasteiger partial charge on any atom is -0.355 e. The van der Waals surface area contributed by atoms with E-state index in [2.05, 4.69) is 168 Å². The van der Waals surface area contributed by atoms with Crippen LogP contribution in [-0.4, -0.2) is 0 Å². The van der Waals surface area contributed by atoms with Gasteiger partial charge in [-0.15, -0.1) is 0 Å². The van der Waals surface area contributed by atoms with Crippen LogP contribution in [0, 0.1) is 0 Å². The molecule has 0 atom stereocenters. The molecular weight excluding hydrogens is 460 g/mol. The van der Waals surface area contributed by atoms with Gasteiger partial charge in [0.2, 0.25) is 0 Å². The van der Waals surface area contributed by atoms with Gasteiger partial charge in [0.15, 0.2) is 0 Å². The zero-order chi connectivity index (χ0) is 25.6. The molecular formula is C36H28N2. The number of rotatable bonds is 7. The standard InChI is InChI=1S/C36H28N2/c1-4-12-30(13-5-1)35-18-10-11-19-36(35)37-31-24-20-28(21-25-31)29-22-26-34(27-23-29)38(32-14-6-2-7-15-32)33-16-8-3-9-17-33/h1-27,37H. The van der Waals surface area contributed by atoms with Gasteiger partial charge in [0.25, 0.3) is 0 Å². The van der Waals surface area contributed by atoms with Gasteiger partial charge in [-0.05, 0) is 71.3 Å². The molecule has 0 radical (unpaired) electrons. The molecule has 0 aliphatic rings. The van der Waals surface area contributed by atoms with Gasteiger partial charge in [0.1, 0.15) is 0 Å². The Morgan fingerprint density at radius 1 is 0.342 bits per heavy atom. The number of hydrogen-bond acceptors (Lipinski definition) is 2. The van der Waals surface area contributed by atoms with Crippen molar-refractivity contribution in [3.63, 3.8) is 0 Å². The molecule has 0 unspecified atom stereocenters. The predicted molar refractivity (Wildman–Crippen MR) is 162 cm³/mol. The molecule has 0 bridgehead atoms. The molecule has 0 amide bonds. The van der Waals surface area contributed by atoms with Crippen LogP contribution in [-0.2, 0) is 0 Å². The van der Waals surface area contributed by atoms with Gasteiger partial charge in [0.05, 0.1) is 0 Å². The SMILES string of the molecule is c1ccc(-c2ccccc2Nc2ccc(-c3ccc(N(c4ccccc4)c4ccccc4)cc3)cc2)cc1. The second-order valence-electron chi connectivity index (χ2n) is 9.17. The Balaban J connectivity index is 1.24. The van der Waals surface area contributed by atoms with E-state index in [-0.39, 0.29) is 0 Å². The maximum Gasteiger partial charge on any atom is 0.0463 e. The summed E-state index contributed by atoms with van der Waals surface area (Å²) in [6, 6.07) is 57.3. The Hall–Kier alpha value is -5.08. The monoisotopic (exact) mass is 488 g/mol. The van der Waals surface area contributed by atoms with Gasteiger partial charge in [-0.2, -0.15) is 0 Å². The van der Waals surface area contributed by atoms with Crippen LogP contribution in [0.1, 0.15) is 0 Å². The van der Waals surface area contributed by atoms with E-state index in [1.54, 1.807) is 0 Å². The number of para-hydroxylation sites is 3. The molecule has 0 aromatic heterocycles. The van der Waals surface area contributed by atoms with E-state index in [4.69, 9.17) is 0 Å². The van der Waals surface area contributed by atoms with Crippen LogP contribution < -0.4 is 10.2 Å². The quantitative estimate of drug-likeness (QED) is 0.240. The van der Waals surface area contributed by atoms with Gasteiger partial charge in [-0.1, -0.05) is 109 Å². The predicted octanol–water partition coefficient (Wildman–Crippen LogP) is 10.2. The summed E-state index contributed by atoms with van der Waals surface area (Å²) in [5.41, 5.74) is 10.3. The molecule has 38 heavy (non-hydrogen) atoms. The first-order chi connectivity index (χ1) is 18.8. The molecule has 2 heteroatoms. The topological polar surface area (TPSA) is 15.3 Å². The molecule has 0 aliphatic carbocycles. The summed E-state index contributed by atoms with van der Waals surface area (Å²) in [5, 5.41) is 3.60. The number of anilines is 5. The van der Waals surface area contributed by atoms with Crippen molar-refractivity contribution in [3.05, 3.63) is 164 Å². The highest BCUT2D eigenvalue weighted by Crippen LogP contribution is 2.36. The van der Waals surface area contributed by atoms with E-state index in [0.717, 1.165) is 28.4 Å². The zero-order valence-electron chi connectivity index (χ0n) is 21.0. The highest BCUT2D eigenvalue weighted by Gasteiger charge is 2.12. The number of hydrogen-bond donors (Lipinski definition) is 1. The summed E-state index contributed by atoms with van der Waals surface area (Å²) in [6.45, 7) is 0. The number of nitrogens with one attached hydrogen (secondary N) is 1. The highest BCUT2D eigenvalue weighted by molar-refractivity contribution is 5.82. The summed E-state index contributed by atoms with van der Waals surface area (Å²) in [4.78, 5) is 2.28. The third kappa shape index (κ3) is 5.07. The lowest BCUT2D eigenvalue weighted by atomic mass is 10.0. The summed E-state index contributed by atoms with van der Waals surface area (Å²) >= 11 is 0. The maximum absolute atomic E-state index is 3.60. The Labute approximate surface area is 224 Å². The molecule has 0 aliphatic heterocycles. The second kappa shape index (κ2) is 10.9. The van der Waals surface area contributed by atoms with Gasteiger partial charge in [-0.3, -0.25) is 0 Å². The van der Waals surface area contributed by atoms with Crippen LogP contribution in [0.15, 0.2) is 164 Å². The van der Waals surface area contributed by atoms with Crippen molar-refractivity contribution in [1.29, 1.82) is 0 Å². The van der Waals surface area contributed by atoms with Crippen molar-refractivity contribution >= 4 is 28.4 Å². The molecule has 0 saturated carbocycles. The van der Waals surface area contributed by atoms with E-state index >= 15 is 0 Å². The first-order valence-corrected chi connectivity index (χ1v) is 12.9. The summed E-state index contributed by atoms with van der Waals surface area (Å²) in [7, 11) is 0. The lowest BCUT2D eigenvalue weighted by Gasteiger charge is -2.25. The summed E-state index contributed by atoms with van der Waals surface area (Å²) in [5.74, 6) is 0. The molecule has 6 rings (SSSR count). The van der Waals surface area contributed by atoms with Gasteiger partial charge in [0, 0.05) is 34.0 Å². The number of nitrogens with zero attached hydrogens (tertiary/aromatic N) is 1. The average molecular weight is 489 g/mol. The van der Waals surface area contributed by atoms with Crippen LogP contribution in [0.5, 0.6) is 0 Å². The minimum absolute atomic E-state index is 1.06. The lowest BCUT2D eigenvalue weighted by molar-refractivity contribution is 1.28. The smallest absolute Gasteiger partial charge is 0.0463 e. The van der Waals surface area contributed by atoms with Crippen molar-refractivity contribution in [2.24, 2.45) is 0 Å². The van der Waals surface area contributed by atoms with Crippen LogP contribution in [0.25, 0.3) is 22.3 Å². The molecule has 0 saturated heterocycles. The molecule has 0 heterocycles. The molecule has 6 aromatic carbocycles. The second-order valence-corrected chi connectivity index (χ2v) is 9.17. The van der Waals surface area contributed by atoms with Gasteiger partial charge >= 0.3 is 0 Å². The number of benzene rings is 6. The van der Waals surface area contributed by atoms with E-state index in [1.807, 2.05) is 6.07 Å². The lowest BCUT2D eigenvalue weighted by Crippen LogP contribution is -2.09. The van der Waals surface area contributed by atoms with E-state index in [9.17, 15) is 0 Å². The van der Waals surface area contributed by atoms with Gasteiger partial charge < -0.3 is 10.2 Å². The van der Waals surface area contributed by atoms with Crippen molar-refractivity contribution in [3.8, 4) is 22.3 Å². The Bertz CT molecular complexity index is 1550. The largest absolute Gasteiger partial charge is 0.355 e. The molecule has 0 fully saturated rings. The normalized spacial score (nSPS) is 10.6. The minimum atomic E-state index is 1.06. The van der Waals surface area contributed by atoms with Crippen LogP contribution >= 0.6 is 0 Å². The summed E-state index contributed by atoms with van der Waals surface area (Å²) < 4.78 is 0. The van der Waals surface area contributed by atoms with Crippen LogP contribution in [0.2, 0.25) is 0 Å². The fraction of sp³-hybridized carbons (Fsp3) is 0. The van der Waals surface area contributed by atoms with Crippen molar-refractivity contribution < 1.29 is 0 Å². The third-order valence-electron chi connectivity index (χ3n) is 6.66. The van der Waals surface area contributed by atoms with Crippen molar-refractivity contribution in [2.45, 2.75) is 0 Å². The Morgan fingerprint density at radius 3 is 1.37 bits per heavy atom. The average Bonchev–Trinajstić information content (AvgIpc) is 3.00. The first-order valence-electron chi connectivity index (χ1n) is 12.9. The molecule has 6 aromatic rings. The van der Waals surface area contributed by atoms with E-state index < -0.39 is 0 Å². The highest BCUT2D eigenvalue weighted by atomic mass is 15.1. The third-order valence-corrected chi connectivity index (χ3v) is 6.66.